The molecule has 2 rings (SSSR count). The van der Waals surface area contributed by atoms with Crippen molar-refractivity contribution in [1.82, 2.24) is 5.32 Å². The smallest absolute Gasteiger partial charge is 0.0314 e. The van der Waals surface area contributed by atoms with Gasteiger partial charge in [0.25, 0.3) is 0 Å². The summed E-state index contributed by atoms with van der Waals surface area (Å²) in [5.41, 5.74) is 8.62. The lowest BCUT2D eigenvalue weighted by atomic mass is 9.84. The summed E-state index contributed by atoms with van der Waals surface area (Å²) in [4.78, 5) is 0. The standard InChI is InChI=1S/C17H28N2/c1-16(2)10-9-15(11-16)19-12-17(3,4)13-5-7-14(18)8-6-13/h5-8,15,19H,9-12,18H2,1-4H3. The van der Waals surface area contributed by atoms with Crippen molar-refractivity contribution in [1.29, 1.82) is 0 Å². The van der Waals surface area contributed by atoms with Gasteiger partial charge in [0, 0.05) is 23.7 Å². The molecule has 1 aliphatic rings. The molecule has 0 amide bonds. The van der Waals surface area contributed by atoms with Crippen molar-refractivity contribution in [3.05, 3.63) is 29.8 Å². The summed E-state index contributed by atoms with van der Waals surface area (Å²) in [6.45, 7) is 10.4. The van der Waals surface area contributed by atoms with Gasteiger partial charge in [0.05, 0.1) is 0 Å². The van der Waals surface area contributed by atoms with E-state index in [-0.39, 0.29) is 5.41 Å². The summed E-state index contributed by atoms with van der Waals surface area (Å²) in [6.07, 6.45) is 3.95. The van der Waals surface area contributed by atoms with Crippen LogP contribution in [-0.2, 0) is 5.41 Å². The van der Waals surface area contributed by atoms with E-state index < -0.39 is 0 Å². The van der Waals surface area contributed by atoms with Gasteiger partial charge in [0.2, 0.25) is 0 Å². The predicted molar refractivity (Wildman–Crippen MR) is 83.3 cm³/mol. The molecule has 1 unspecified atom stereocenters. The maximum atomic E-state index is 5.76. The Hall–Kier alpha value is -1.02. The molecule has 0 heterocycles. The second-order valence-corrected chi connectivity index (χ2v) is 7.49. The zero-order valence-electron chi connectivity index (χ0n) is 12.8. The Morgan fingerprint density at radius 2 is 1.89 bits per heavy atom. The lowest BCUT2D eigenvalue weighted by Crippen LogP contribution is -2.38. The van der Waals surface area contributed by atoms with Crippen molar-refractivity contribution in [2.24, 2.45) is 5.41 Å². The quantitative estimate of drug-likeness (QED) is 0.810. The van der Waals surface area contributed by atoms with Crippen molar-refractivity contribution < 1.29 is 0 Å². The van der Waals surface area contributed by atoms with Gasteiger partial charge in [-0.25, -0.2) is 0 Å². The minimum atomic E-state index is 0.153. The van der Waals surface area contributed by atoms with Gasteiger partial charge in [-0.15, -0.1) is 0 Å². The van der Waals surface area contributed by atoms with E-state index in [4.69, 9.17) is 5.73 Å². The SMILES string of the molecule is CC1(C)CCC(NCC(C)(C)c2ccc(N)cc2)C1. The molecule has 0 aromatic heterocycles. The van der Waals surface area contributed by atoms with Gasteiger partial charge in [-0.1, -0.05) is 39.8 Å². The molecular weight excluding hydrogens is 232 g/mol. The van der Waals surface area contributed by atoms with Crippen LogP contribution in [0.5, 0.6) is 0 Å². The molecule has 3 N–H and O–H groups in total. The van der Waals surface area contributed by atoms with Crippen LogP contribution in [0, 0.1) is 5.41 Å². The summed E-state index contributed by atoms with van der Waals surface area (Å²) >= 11 is 0. The third-order valence-corrected chi connectivity index (χ3v) is 4.49. The Kier molecular flexibility index (Phi) is 3.91. The van der Waals surface area contributed by atoms with Crippen LogP contribution in [-0.4, -0.2) is 12.6 Å². The number of hydrogen-bond acceptors (Lipinski definition) is 2. The largest absolute Gasteiger partial charge is 0.399 e. The van der Waals surface area contributed by atoms with Gasteiger partial charge >= 0.3 is 0 Å². The molecule has 0 spiro atoms. The van der Waals surface area contributed by atoms with Crippen LogP contribution >= 0.6 is 0 Å². The molecule has 1 aromatic carbocycles. The van der Waals surface area contributed by atoms with Gasteiger partial charge in [-0.05, 0) is 42.4 Å². The van der Waals surface area contributed by atoms with E-state index in [1.165, 1.54) is 24.8 Å². The van der Waals surface area contributed by atoms with Gasteiger partial charge in [0.15, 0.2) is 0 Å². The number of anilines is 1. The summed E-state index contributed by atoms with van der Waals surface area (Å²) in [5, 5.41) is 3.76. The van der Waals surface area contributed by atoms with Crippen molar-refractivity contribution in [2.45, 2.75) is 58.4 Å². The fraction of sp³-hybridized carbons (Fsp3) is 0.647. The van der Waals surface area contributed by atoms with Crippen LogP contribution in [0.1, 0.15) is 52.5 Å². The zero-order chi connectivity index (χ0) is 14.1. The van der Waals surface area contributed by atoms with Crippen LogP contribution in [0.4, 0.5) is 5.69 Å². The first-order chi connectivity index (χ1) is 8.78. The summed E-state index contributed by atoms with van der Waals surface area (Å²) in [6, 6.07) is 8.97. The fourth-order valence-corrected chi connectivity index (χ4v) is 3.05. The number of benzene rings is 1. The van der Waals surface area contributed by atoms with Gasteiger partial charge in [-0.2, -0.15) is 0 Å². The van der Waals surface area contributed by atoms with Crippen molar-refractivity contribution in [3.63, 3.8) is 0 Å². The fourth-order valence-electron chi connectivity index (χ4n) is 3.05. The topological polar surface area (TPSA) is 38.0 Å². The number of rotatable bonds is 4. The molecule has 1 atom stereocenters. The Balaban J connectivity index is 1.93. The van der Waals surface area contributed by atoms with Gasteiger partial charge in [0.1, 0.15) is 0 Å². The Morgan fingerprint density at radius 1 is 1.26 bits per heavy atom. The van der Waals surface area contributed by atoms with E-state index in [0.717, 1.165) is 12.2 Å². The van der Waals surface area contributed by atoms with Crippen LogP contribution < -0.4 is 11.1 Å². The average Bonchev–Trinajstić information content (AvgIpc) is 2.67. The molecule has 0 saturated heterocycles. The van der Waals surface area contributed by atoms with E-state index >= 15 is 0 Å². The molecule has 1 saturated carbocycles. The molecule has 0 bridgehead atoms. The average molecular weight is 260 g/mol. The number of hydrogen-bond donors (Lipinski definition) is 2. The second kappa shape index (κ2) is 5.16. The highest BCUT2D eigenvalue weighted by molar-refractivity contribution is 5.41. The molecule has 2 heteroatoms. The lowest BCUT2D eigenvalue weighted by Gasteiger charge is -2.28. The van der Waals surface area contributed by atoms with Crippen LogP contribution in [0.3, 0.4) is 0 Å². The Bertz CT molecular complexity index is 417. The second-order valence-electron chi connectivity index (χ2n) is 7.49. The highest BCUT2D eigenvalue weighted by Crippen LogP contribution is 2.37. The van der Waals surface area contributed by atoms with Crippen LogP contribution in [0.15, 0.2) is 24.3 Å². The zero-order valence-corrected chi connectivity index (χ0v) is 12.8. The summed E-state index contributed by atoms with van der Waals surface area (Å²) < 4.78 is 0. The van der Waals surface area contributed by atoms with Gasteiger partial charge < -0.3 is 11.1 Å². The van der Waals surface area contributed by atoms with Crippen molar-refractivity contribution in [3.8, 4) is 0 Å². The normalized spacial score (nSPS) is 22.6. The molecule has 0 aliphatic heterocycles. The Labute approximate surface area is 117 Å². The first-order valence-electron chi connectivity index (χ1n) is 7.38. The van der Waals surface area contributed by atoms with Crippen LogP contribution in [0.25, 0.3) is 0 Å². The molecular formula is C17H28N2. The minimum absolute atomic E-state index is 0.153. The first kappa shape index (κ1) is 14.4. The van der Waals surface area contributed by atoms with Crippen molar-refractivity contribution >= 4 is 5.69 Å². The van der Waals surface area contributed by atoms with E-state index in [1.807, 2.05) is 12.1 Å². The minimum Gasteiger partial charge on any atom is -0.399 e. The third-order valence-electron chi connectivity index (χ3n) is 4.49. The van der Waals surface area contributed by atoms with Crippen LogP contribution in [0.2, 0.25) is 0 Å². The first-order valence-corrected chi connectivity index (χ1v) is 7.38. The highest BCUT2D eigenvalue weighted by atomic mass is 14.9. The number of nitrogens with one attached hydrogen (secondary N) is 1. The monoisotopic (exact) mass is 260 g/mol. The van der Waals surface area contributed by atoms with E-state index in [0.29, 0.717) is 11.5 Å². The van der Waals surface area contributed by atoms with E-state index in [2.05, 4.69) is 45.1 Å². The molecule has 1 aliphatic carbocycles. The summed E-state index contributed by atoms with van der Waals surface area (Å²) in [7, 11) is 0. The molecule has 1 aromatic rings. The third kappa shape index (κ3) is 3.73. The summed E-state index contributed by atoms with van der Waals surface area (Å²) in [5.74, 6) is 0. The van der Waals surface area contributed by atoms with Crippen molar-refractivity contribution in [2.75, 3.05) is 12.3 Å². The molecule has 0 radical (unpaired) electrons. The lowest BCUT2D eigenvalue weighted by molar-refractivity contribution is 0.353. The molecule has 1 fully saturated rings. The molecule has 106 valence electrons. The molecule has 19 heavy (non-hydrogen) atoms. The molecule has 2 nitrogen and oxygen atoms in total. The Morgan fingerprint density at radius 3 is 2.42 bits per heavy atom. The van der Waals surface area contributed by atoms with Gasteiger partial charge in [-0.3, -0.25) is 0 Å². The number of nitrogen functional groups attached to an aromatic ring is 1. The number of nitrogens with two attached hydrogens (primary N) is 1. The van der Waals surface area contributed by atoms with E-state index in [1.54, 1.807) is 0 Å². The maximum Gasteiger partial charge on any atom is 0.0314 e. The predicted octanol–water partition coefficient (Wildman–Crippen LogP) is 3.71. The maximum absolute atomic E-state index is 5.76. The van der Waals surface area contributed by atoms with E-state index in [9.17, 15) is 0 Å². The highest BCUT2D eigenvalue weighted by Gasteiger charge is 2.31.